The summed E-state index contributed by atoms with van der Waals surface area (Å²) in [5.74, 6) is 1.91. The molecule has 3 aliphatic heterocycles. The molecule has 2 fully saturated rings. The minimum atomic E-state index is 0.711. The van der Waals surface area contributed by atoms with Gasteiger partial charge in [-0.25, -0.2) is 4.98 Å². The first-order chi connectivity index (χ1) is 16.7. The van der Waals surface area contributed by atoms with Crippen LogP contribution >= 0.6 is 11.3 Å². The van der Waals surface area contributed by atoms with Crippen LogP contribution in [-0.2, 0) is 17.7 Å². The van der Waals surface area contributed by atoms with Gasteiger partial charge >= 0.3 is 0 Å². The first-order valence-electron chi connectivity index (χ1n) is 12.5. The zero-order valence-corrected chi connectivity index (χ0v) is 21.1. The number of fused-ring (bicyclic) bond motifs is 2. The van der Waals surface area contributed by atoms with E-state index in [1.54, 1.807) is 0 Å². The van der Waals surface area contributed by atoms with Crippen molar-refractivity contribution in [1.29, 1.82) is 0 Å². The summed E-state index contributed by atoms with van der Waals surface area (Å²) >= 11 is 1.88. The molecule has 0 N–H and O–H groups in total. The lowest BCUT2D eigenvalue weighted by atomic mass is 10.0. The Kier molecular flexibility index (Phi) is 6.15. The van der Waals surface area contributed by atoms with Crippen LogP contribution in [0.4, 0.5) is 17.5 Å². The molecule has 0 bridgehead atoms. The van der Waals surface area contributed by atoms with Gasteiger partial charge in [0.15, 0.2) is 5.82 Å². The van der Waals surface area contributed by atoms with Crippen molar-refractivity contribution >= 4 is 39.0 Å². The summed E-state index contributed by atoms with van der Waals surface area (Å²) in [7, 11) is 4.41. The first kappa shape index (κ1) is 22.2. The van der Waals surface area contributed by atoms with E-state index < -0.39 is 0 Å². The number of likely N-dealkylation sites (tertiary alicyclic amines) is 1. The summed E-state index contributed by atoms with van der Waals surface area (Å²) in [6.07, 6.45) is 3.53. The predicted octanol–water partition coefficient (Wildman–Crippen LogP) is 3.75. The van der Waals surface area contributed by atoms with Crippen LogP contribution in [0, 0.1) is 0 Å². The zero-order chi connectivity index (χ0) is 23.1. The minimum Gasteiger partial charge on any atom is -0.378 e. The Bertz CT molecular complexity index is 1150. The fourth-order valence-corrected chi connectivity index (χ4v) is 6.66. The van der Waals surface area contributed by atoms with Gasteiger partial charge in [0.2, 0.25) is 5.95 Å². The molecule has 2 aromatic heterocycles. The van der Waals surface area contributed by atoms with Gasteiger partial charge in [-0.2, -0.15) is 4.98 Å². The molecule has 7 nitrogen and oxygen atoms in total. The quantitative estimate of drug-likeness (QED) is 0.554. The van der Waals surface area contributed by atoms with Crippen molar-refractivity contribution in [2.24, 2.45) is 0 Å². The molecule has 6 rings (SSSR count). The number of hydrogen-bond donors (Lipinski definition) is 0. The third-order valence-electron chi connectivity index (χ3n) is 7.50. The smallest absolute Gasteiger partial charge is 0.232 e. The summed E-state index contributed by atoms with van der Waals surface area (Å²) < 4.78 is 6.86. The van der Waals surface area contributed by atoms with Crippen molar-refractivity contribution < 1.29 is 4.74 Å². The number of piperidine rings is 1. The minimum absolute atomic E-state index is 0.711. The molecule has 2 saturated heterocycles. The lowest BCUT2D eigenvalue weighted by Crippen LogP contribution is -2.41. The van der Waals surface area contributed by atoms with Crippen molar-refractivity contribution in [2.45, 2.75) is 31.8 Å². The lowest BCUT2D eigenvalue weighted by molar-refractivity contribution is 0.122. The van der Waals surface area contributed by atoms with Crippen LogP contribution in [0.5, 0.6) is 0 Å². The number of hydrogen-bond acceptors (Lipinski definition) is 8. The number of para-hydroxylation sites is 1. The van der Waals surface area contributed by atoms with E-state index in [1.165, 1.54) is 33.7 Å². The highest BCUT2D eigenvalue weighted by Crippen LogP contribution is 2.38. The lowest BCUT2D eigenvalue weighted by Gasteiger charge is -2.34. The van der Waals surface area contributed by atoms with Crippen LogP contribution in [0.25, 0.3) is 10.2 Å². The summed E-state index contributed by atoms with van der Waals surface area (Å²) in [6.45, 7) is 7.54. The van der Waals surface area contributed by atoms with Crippen LogP contribution < -0.4 is 9.80 Å². The van der Waals surface area contributed by atoms with E-state index >= 15 is 0 Å². The molecular weight excluding hydrogens is 444 g/mol. The largest absolute Gasteiger partial charge is 0.378 e. The predicted molar refractivity (Wildman–Crippen MR) is 140 cm³/mol. The fraction of sp³-hybridized carbons (Fsp3) is 0.538. The molecular formula is C26H34N6OS. The van der Waals surface area contributed by atoms with E-state index in [9.17, 15) is 0 Å². The second-order valence-corrected chi connectivity index (χ2v) is 11.0. The maximum Gasteiger partial charge on any atom is 0.232 e. The van der Waals surface area contributed by atoms with Crippen molar-refractivity contribution in [3.8, 4) is 0 Å². The molecule has 0 amide bonds. The highest BCUT2D eigenvalue weighted by molar-refractivity contribution is 7.19. The van der Waals surface area contributed by atoms with Crippen LogP contribution in [0.2, 0.25) is 0 Å². The Balaban J connectivity index is 1.32. The molecule has 0 atom stereocenters. The fourth-order valence-electron chi connectivity index (χ4n) is 5.50. The Hall–Kier alpha value is -2.26. The highest BCUT2D eigenvalue weighted by atomic mass is 32.1. The van der Waals surface area contributed by atoms with Crippen molar-refractivity contribution in [3.05, 3.63) is 40.8 Å². The number of morpholine rings is 1. The summed E-state index contributed by atoms with van der Waals surface area (Å²) in [6, 6.07) is 11.7. The number of nitrogens with zero attached hydrogens (tertiary/aromatic N) is 6. The van der Waals surface area contributed by atoms with Crippen LogP contribution in [0.3, 0.4) is 0 Å². The molecule has 0 aliphatic carbocycles. The number of aromatic nitrogens is 2. The monoisotopic (exact) mass is 478 g/mol. The van der Waals surface area contributed by atoms with Gasteiger partial charge in [0.25, 0.3) is 0 Å². The molecule has 3 aliphatic rings. The highest BCUT2D eigenvalue weighted by Gasteiger charge is 2.27. The maximum atomic E-state index is 5.64. The number of thiophene rings is 1. The Morgan fingerprint density at radius 3 is 2.62 bits per heavy atom. The SMILES string of the molecule is CN(C)C1CCN(Cc2cc3nc(N4CCc5ccccc54)nc(N4CCOCC4)c3s2)CC1. The number of benzene rings is 1. The third kappa shape index (κ3) is 4.28. The number of rotatable bonds is 5. The average Bonchev–Trinajstić information content (AvgIpc) is 3.48. The average molecular weight is 479 g/mol. The van der Waals surface area contributed by atoms with E-state index in [0.29, 0.717) is 6.04 Å². The van der Waals surface area contributed by atoms with Crippen molar-refractivity contribution in [1.82, 2.24) is 19.8 Å². The summed E-state index contributed by atoms with van der Waals surface area (Å²) in [4.78, 5) is 21.3. The molecule has 180 valence electrons. The van der Waals surface area contributed by atoms with E-state index in [-0.39, 0.29) is 0 Å². The van der Waals surface area contributed by atoms with Gasteiger partial charge in [0.1, 0.15) is 0 Å². The van der Waals surface area contributed by atoms with Crippen LogP contribution in [-0.4, -0.2) is 85.8 Å². The van der Waals surface area contributed by atoms with E-state index in [1.807, 2.05) is 11.3 Å². The first-order valence-corrected chi connectivity index (χ1v) is 13.3. The Labute approximate surface area is 205 Å². The standard InChI is InChI=1S/C26H34N6OS/c1-29(2)20-8-10-30(11-9-20)18-21-17-22-24(34-21)25(31-13-15-33-16-14-31)28-26(27-22)32-12-7-19-5-3-4-6-23(19)32/h3-6,17,20H,7-16,18H2,1-2H3. The van der Waals surface area contributed by atoms with Gasteiger partial charge in [-0.1, -0.05) is 18.2 Å². The molecule has 0 radical (unpaired) electrons. The molecule has 0 unspecified atom stereocenters. The molecule has 34 heavy (non-hydrogen) atoms. The molecule has 1 aromatic carbocycles. The molecule has 5 heterocycles. The zero-order valence-electron chi connectivity index (χ0n) is 20.2. The van der Waals surface area contributed by atoms with Gasteiger partial charge in [-0.3, -0.25) is 4.90 Å². The van der Waals surface area contributed by atoms with Crippen LogP contribution in [0.1, 0.15) is 23.3 Å². The molecule has 8 heteroatoms. The van der Waals surface area contributed by atoms with Gasteiger partial charge in [0, 0.05) is 55.9 Å². The Morgan fingerprint density at radius 2 is 1.82 bits per heavy atom. The van der Waals surface area contributed by atoms with Gasteiger partial charge < -0.3 is 19.4 Å². The van der Waals surface area contributed by atoms with E-state index in [4.69, 9.17) is 14.7 Å². The molecule has 0 saturated carbocycles. The van der Waals surface area contributed by atoms with Crippen molar-refractivity contribution in [3.63, 3.8) is 0 Å². The van der Waals surface area contributed by atoms with E-state index in [2.05, 4.69) is 64.0 Å². The summed E-state index contributed by atoms with van der Waals surface area (Å²) in [5.41, 5.74) is 3.71. The van der Waals surface area contributed by atoms with Crippen molar-refractivity contribution in [2.75, 3.05) is 69.8 Å². The second-order valence-electron chi connectivity index (χ2n) is 9.87. The van der Waals surface area contributed by atoms with Gasteiger partial charge in [-0.05, 0) is 51.1 Å². The Morgan fingerprint density at radius 1 is 1.03 bits per heavy atom. The number of anilines is 3. The van der Waals surface area contributed by atoms with E-state index in [0.717, 1.165) is 76.2 Å². The van der Waals surface area contributed by atoms with Gasteiger partial charge in [-0.15, -0.1) is 11.3 Å². The molecule has 3 aromatic rings. The summed E-state index contributed by atoms with van der Waals surface area (Å²) in [5, 5.41) is 0. The second kappa shape index (κ2) is 9.41. The topological polar surface area (TPSA) is 48.0 Å². The number of ether oxygens (including phenoxy) is 1. The van der Waals surface area contributed by atoms with Crippen LogP contribution in [0.15, 0.2) is 30.3 Å². The third-order valence-corrected chi connectivity index (χ3v) is 8.60. The maximum absolute atomic E-state index is 5.64. The molecule has 0 spiro atoms. The normalized spacial score (nSPS) is 20.0. The van der Waals surface area contributed by atoms with Gasteiger partial charge in [0.05, 0.1) is 23.4 Å².